The van der Waals surface area contributed by atoms with Crippen molar-refractivity contribution in [1.29, 1.82) is 0 Å². The molecule has 0 aliphatic rings. The molecule has 3 nitrogen and oxygen atoms in total. The maximum Gasteiger partial charge on any atom is 0.0575 e. The highest BCUT2D eigenvalue weighted by Gasteiger charge is 2.16. The van der Waals surface area contributed by atoms with Gasteiger partial charge in [-0.15, -0.1) is 0 Å². The fourth-order valence-corrected chi connectivity index (χ4v) is 2.40. The van der Waals surface area contributed by atoms with Gasteiger partial charge >= 0.3 is 0 Å². The van der Waals surface area contributed by atoms with E-state index in [1.807, 2.05) is 29.5 Å². The minimum atomic E-state index is 0.307. The summed E-state index contributed by atoms with van der Waals surface area (Å²) in [5.41, 5.74) is 2.42. The van der Waals surface area contributed by atoms with E-state index in [-0.39, 0.29) is 0 Å². The average molecular weight is 270 g/mol. The van der Waals surface area contributed by atoms with E-state index >= 15 is 0 Å². The minimum Gasteiger partial charge on any atom is -0.302 e. The van der Waals surface area contributed by atoms with Crippen LogP contribution in [0.4, 0.5) is 0 Å². The molecule has 2 rings (SSSR count). The largest absolute Gasteiger partial charge is 0.302 e. The van der Waals surface area contributed by atoms with Gasteiger partial charge in [0.1, 0.15) is 0 Å². The van der Waals surface area contributed by atoms with Crippen molar-refractivity contribution in [1.82, 2.24) is 10.0 Å². The molecule has 0 aliphatic heterocycles. The zero-order valence-corrected chi connectivity index (χ0v) is 12.2. The van der Waals surface area contributed by atoms with E-state index in [9.17, 15) is 0 Å². The monoisotopic (exact) mass is 270 g/mol. The van der Waals surface area contributed by atoms with Crippen molar-refractivity contribution >= 4 is 0 Å². The Morgan fingerprint density at radius 2 is 1.85 bits per heavy atom. The smallest absolute Gasteiger partial charge is 0.0575 e. The second-order valence-corrected chi connectivity index (χ2v) is 4.71. The highest BCUT2D eigenvalue weighted by Crippen LogP contribution is 2.26. The lowest BCUT2D eigenvalue weighted by Crippen LogP contribution is -2.24. The number of rotatable bonds is 7. The molecule has 2 aromatic rings. The first kappa shape index (κ1) is 14.7. The van der Waals surface area contributed by atoms with Crippen LogP contribution in [0.1, 0.15) is 30.5 Å². The normalized spacial score (nSPS) is 12.6. The van der Waals surface area contributed by atoms with E-state index in [0.29, 0.717) is 5.92 Å². The van der Waals surface area contributed by atoms with Crippen molar-refractivity contribution in [3.8, 4) is 0 Å². The number of aromatic nitrogens is 1. The Morgan fingerprint density at radius 3 is 2.45 bits per heavy atom. The number of nitrogens with zero attached hydrogens (tertiary/aromatic N) is 2. The summed E-state index contributed by atoms with van der Waals surface area (Å²) < 4.78 is 0. The summed E-state index contributed by atoms with van der Waals surface area (Å²) in [4.78, 5) is 9.86. The summed E-state index contributed by atoms with van der Waals surface area (Å²) >= 11 is 0. The van der Waals surface area contributed by atoms with Gasteiger partial charge < -0.3 is 4.84 Å². The lowest BCUT2D eigenvalue weighted by molar-refractivity contribution is -0.128. The van der Waals surface area contributed by atoms with E-state index in [1.165, 1.54) is 5.56 Å². The van der Waals surface area contributed by atoms with Gasteiger partial charge in [0.15, 0.2) is 0 Å². The highest BCUT2D eigenvalue weighted by atomic mass is 16.7. The molecule has 0 N–H and O–H groups in total. The standard InChI is InChI=1S/C17H22N2O/c1-3-19(20-2)14-12-16(15-9-5-4-6-10-15)17-11-7-8-13-18-17/h4-11,13,16H,3,12,14H2,1-2H3/t16-/m1/s1. The summed E-state index contributed by atoms with van der Waals surface area (Å²) in [5.74, 6) is 0.307. The van der Waals surface area contributed by atoms with Gasteiger partial charge in [0.05, 0.1) is 7.11 Å². The fraction of sp³-hybridized carbons (Fsp3) is 0.353. The summed E-state index contributed by atoms with van der Waals surface area (Å²) in [7, 11) is 1.72. The molecule has 0 saturated heterocycles. The molecule has 20 heavy (non-hydrogen) atoms. The van der Waals surface area contributed by atoms with Crippen molar-refractivity contribution in [2.45, 2.75) is 19.3 Å². The molecule has 0 amide bonds. The number of hydroxylamine groups is 2. The number of benzene rings is 1. The molecule has 0 spiro atoms. The fourth-order valence-electron chi connectivity index (χ4n) is 2.40. The van der Waals surface area contributed by atoms with E-state index in [2.05, 4.69) is 42.2 Å². The maximum atomic E-state index is 5.33. The molecule has 0 fully saturated rings. The van der Waals surface area contributed by atoms with Gasteiger partial charge in [-0.1, -0.05) is 43.3 Å². The van der Waals surface area contributed by atoms with Crippen LogP contribution in [0.2, 0.25) is 0 Å². The van der Waals surface area contributed by atoms with Crippen molar-refractivity contribution < 1.29 is 4.84 Å². The van der Waals surface area contributed by atoms with Gasteiger partial charge in [-0.05, 0) is 24.1 Å². The zero-order chi connectivity index (χ0) is 14.2. The van der Waals surface area contributed by atoms with Crippen LogP contribution in [0.25, 0.3) is 0 Å². The molecular formula is C17H22N2O. The van der Waals surface area contributed by atoms with Gasteiger partial charge in [0.25, 0.3) is 0 Å². The summed E-state index contributed by atoms with van der Waals surface area (Å²) in [6.45, 7) is 3.88. The van der Waals surface area contributed by atoms with Crippen LogP contribution in [0, 0.1) is 0 Å². The van der Waals surface area contributed by atoms with Gasteiger partial charge in [0, 0.05) is 30.9 Å². The van der Waals surface area contributed by atoms with Crippen molar-refractivity contribution in [2.24, 2.45) is 0 Å². The number of hydrogen-bond donors (Lipinski definition) is 0. The van der Waals surface area contributed by atoms with E-state index in [0.717, 1.165) is 25.2 Å². The molecule has 0 radical (unpaired) electrons. The predicted molar refractivity (Wildman–Crippen MR) is 81.4 cm³/mol. The molecule has 1 aromatic carbocycles. The van der Waals surface area contributed by atoms with Gasteiger partial charge in [-0.25, -0.2) is 0 Å². The molecule has 0 saturated carbocycles. The number of pyridine rings is 1. The SMILES string of the molecule is CCN(CC[C@H](c1ccccc1)c1ccccn1)OC. The third kappa shape index (κ3) is 3.89. The molecule has 106 valence electrons. The highest BCUT2D eigenvalue weighted by molar-refractivity contribution is 5.28. The Hall–Kier alpha value is -1.71. The Labute approximate surface area is 121 Å². The quantitative estimate of drug-likeness (QED) is 0.720. The summed E-state index contributed by atoms with van der Waals surface area (Å²) in [6.07, 6.45) is 2.85. The average Bonchev–Trinajstić information content (AvgIpc) is 2.53. The molecule has 0 bridgehead atoms. The summed E-state index contributed by atoms with van der Waals surface area (Å²) in [5, 5.41) is 1.97. The molecule has 3 heteroatoms. The van der Waals surface area contributed by atoms with Gasteiger partial charge in [0.2, 0.25) is 0 Å². The minimum absolute atomic E-state index is 0.307. The first-order chi connectivity index (χ1) is 9.85. The second-order valence-electron chi connectivity index (χ2n) is 4.71. The Morgan fingerprint density at radius 1 is 1.10 bits per heavy atom. The van der Waals surface area contributed by atoms with E-state index in [4.69, 9.17) is 4.84 Å². The lowest BCUT2D eigenvalue weighted by atomic mass is 9.92. The first-order valence-corrected chi connectivity index (χ1v) is 7.10. The second kappa shape index (κ2) is 7.78. The molecular weight excluding hydrogens is 248 g/mol. The van der Waals surface area contributed by atoms with Crippen LogP contribution in [-0.4, -0.2) is 30.2 Å². The molecule has 1 atom stereocenters. The van der Waals surface area contributed by atoms with Gasteiger partial charge in [-0.3, -0.25) is 4.98 Å². The van der Waals surface area contributed by atoms with Crippen LogP contribution < -0.4 is 0 Å². The van der Waals surface area contributed by atoms with Crippen molar-refractivity contribution in [2.75, 3.05) is 20.2 Å². The zero-order valence-electron chi connectivity index (χ0n) is 12.2. The summed E-state index contributed by atoms with van der Waals surface area (Å²) in [6, 6.07) is 16.7. The topological polar surface area (TPSA) is 25.4 Å². The van der Waals surface area contributed by atoms with Crippen LogP contribution in [0.15, 0.2) is 54.7 Å². The van der Waals surface area contributed by atoms with Crippen molar-refractivity contribution in [3.63, 3.8) is 0 Å². The third-order valence-corrected chi connectivity index (χ3v) is 3.52. The third-order valence-electron chi connectivity index (χ3n) is 3.52. The van der Waals surface area contributed by atoms with Gasteiger partial charge in [-0.2, -0.15) is 5.06 Å². The molecule has 1 aromatic heterocycles. The Bertz CT molecular complexity index is 443. The Kier molecular flexibility index (Phi) is 5.71. The number of hydrogen-bond acceptors (Lipinski definition) is 3. The molecule has 1 heterocycles. The molecule has 0 unspecified atom stereocenters. The maximum absolute atomic E-state index is 5.33. The van der Waals surface area contributed by atoms with Crippen molar-refractivity contribution in [3.05, 3.63) is 66.0 Å². The predicted octanol–water partition coefficient (Wildman–Crippen LogP) is 3.49. The lowest BCUT2D eigenvalue weighted by Gasteiger charge is -2.22. The van der Waals surface area contributed by atoms with Crippen LogP contribution in [0.5, 0.6) is 0 Å². The van der Waals surface area contributed by atoms with E-state index in [1.54, 1.807) is 7.11 Å². The van der Waals surface area contributed by atoms with Crippen LogP contribution >= 0.6 is 0 Å². The van der Waals surface area contributed by atoms with Crippen LogP contribution in [0.3, 0.4) is 0 Å². The molecule has 0 aliphatic carbocycles. The van der Waals surface area contributed by atoms with E-state index < -0.39 is 0 Å². The first-order valence-electron chi connectivity index (χ1n) is 7.10. The van der Waals surface area contributed by atoms with Crippen LogP contribution in [-0.2, 0) is 4.84 Å². The Balaban J connectivity index is 2.17.